The molecule has 0 atom stereocenters. The Balaban J connectivity index is 2.25. The normalized spacial score (nSPS) is 9.64. The van der Waals surface area contributed by atoms with Crippen LogP contribution in [0.5, 0.6) is 11.5 Å². The van der Waals surface area contributed by atoms with E-state index in [4.69, 9.17) is 10.00 Å². The number of amides is 1. The van der Waals surface area contributed by atoms with Gasteiger partial charge in [-0.15, -0.1) is 0 Å². The number of benzene rings is 2. The molecule has 7 heteroatoms. The van der Waals surface area contributed by atoms with Crippen molar-refractivity contribution in [3.05, 3.63) is 58.1 Å². The van der Waals surface area contributed by atoms with E-state index in [1.54, 1.807) is 24.3 Å². The summed E-state index contributed by atoms with van der Waals surface area (Å²) in [4.78, 5) is 21.3. The van der Waals surface area contributed by atoms with E-state index in [2.05, 4.69) is 5.32 Å². The van der Waals surface area contributed by atoms with Crippen LogP contribution in [0.1, 0.15) is 12.5 Å². The molecule has 0 unspecified atom stereocenters. The van der Waals surface area contributed by atoms with Crippen LogP contribution in [0, 0.1) is 21.4 Å². The van der Waals surface area contributed by atoms with Gasteiger partial charge in [0, 0.05) is 18.7 Å². The molecule has 1 amide bonds. The minimum Gasteiger partial charge on any atom is -0.450 e. The summed E-state index contributed by atoms with van der Waals surface area (Å²) in [5.74, 6) is 0.217. The molecule has 2 aromatic rings. The molecule has 110 valence electrons. The molecule has 0 aliphatic carbocycles. The molecule has 1 N–H and O–H groups in total. The number of ether oxygens (including phenoxy) is 1. The first-order valence-corrected chi connectivity index (χ1v) is 6.23. The number of hydrogen-bond acceptors (Lipinski definition) is 5. The van der Waals surface area contributed by atoms with Gasteiger partial charge in [0.2, 0.25) is 11.7 Å². The third-order valence-corrected chi connectivity index (χ3v) is 2.69. The maximum atomic E-state index is 11.0. The Morgan fingerprint density at radius 1 is 1.27 bits per heavy atom. The molecule has 0 radical (unpaired) electrons. The van der Waals surface area contributed by atoms with Gasteiger partial charge in [0.15, 0.2) is 0 Å². The lowest BCUT2D eigenvalue weighted by Gasteiger charge is -2.07. The number of rotatable bonds is 4. The molecule has 0 fully saturated rings. The second kappa shape index (κ2) is 6.37. The van der Waals surface area contributed by atoms with Crippen molar-refractivity contribution in [2.45, 2.75) is 6.92 Å². The highest BCUT2D eigenvalue weighted by molar-refractivity contribution is 5.88. The highest BCUT2D eigenvalue weighted by Crippen LogP contribution is 2.32. The predicted octanol–water partition coefficient (Wildman–Crippen LogP) is 3.22. The Labute approximate surface area is 125 Å². The van der Waals surface area contributed by atoms with Crippen molar-refractivity contribution in [3.8, 4) is 17.6 Å². The van der Waals surface area contributed by atoms with Crippen LogP contribution in [0.15, 0.2) is 42.5 Å². The predicted molar refractivity (Wildman–Crippen MR) is 78.6 cm³/mol. The molecule has 0 aliphatic rings. The molecular weight excluding hydrogens is 286 g/mol. The van der Waals surface area contributed by atoms with Crippen molar-refractivity contribution >= 4 is 17.3 Å². The van der Waals surface area contributed by atoms with Gasteiger partial charge in [0.1, 0.15) is 5.75 Å². The van der Waals surface area contributed by atoms with Gasteiger partial charge in [-0.2, -0.15) is 5.26 Å². The average molecular weight is 297 g/mol. The fraction of sp³-hybridized carbons (Fsp3) is 0.0667. The topological polar surface area (TPSA) is 105 Å². The van der Waals surface area contributed by atoms with Gasteiger partial charge in [0.25, 0.3) is 0 Å². The zero-order chi connectivity index (χ0) is 16.1. The standard InChI is InChI=1S/C15H11N3O4/c1-10(19)17-12-3-5-13(6-4-12)22-15-7-2-11(9-16)8-14(15)18(20)21/h2-8H,1H3,(H,17,19). The Bertz CT molecular complexity index is 763. The summed E-state index contributed by atoms with van der Waals surface area (Å²) in [6.07, 6.45) is 0. The molecule has 2 aromatic carbocycles. The van der Waals surface area contributed by atoms with E-state index in [1.165, 1.54) is 19.1 Å². The second-order valence-electron chi connectivity index (χ2n) is 4.36. The quantitative estimate of drug-likeness (QED) is 0.689. The summed E-state index contributed by atoms with van der Waals surface area (Å²) in [5, 5.41) is 22.4. The summed E-state index contributed by atoms with van der Waals surface area (Å²) in [6.45, 7) is 1.39. The van der Waals surface area contributed by atoms with E-state index in [-0.39, 0.29) is 22.9 Å². The van der Waals surface area contributed by atoms with Crippen molar-refractivity contribution in [2.24, 2.45) is 0 Å². The van der Waals surface area contributed by atoms with Crippen LogP contribution in [0.4, 0.5) is 11.4 Å². The average Bonchev–Trinajstić information content (AvgIpc) is 2.49. The Morgan fingerprint density at radius 2 is 1.95 bits per heavy atom. The first kappa shape index (κ1) is 15.0. The number of carbonyl (C=O) groups is 1. The van der Waals surface area contributed by atoms with Crippen molar-refractivity contribution in [1.29, 1.82) is 5.26 Å². The second-order valence-corrected chi connectivity index (χ2v) is 4.36. The lowest BCUT2D eigenvalue weighted by atomic mass is 10.2. The van der Waals surface area contributed by atoms with Crippen LogP contribution in [-0.4, -0.2) is 10.8 Å². The molecule has 0 saturated heterocycles. The number of nitriles is 1. The maximum absolute atomic E-state index is 11.0. The van der Waals surface area contributed by atoms with E-state index < -0.39 is 4.92 Å². The van der Waals surface area contributed by atoms with Crippen LogP contribution >= 0.6 is 0 Å². The fourth-order valence-corrected chi connectivity index (χ4v) is 1.75. The molecule has 0 spiro atoms. The van der Waals surface area contributed by atoms with Gasteiger partial charge >= 0.3 is 5.69 Å². The number of nitro benzene ring substituents is 1. The minimum absolute atomic E-state index is 0.0382. The van der Waals surface area contributed by atoms with Crippen molar-refractivity contribution in [1.82, 2.24) is 0 Å². The first-order valence-electron chi connectivity index (χ1n) is 6.23. The van der Waals surface area contributed by atoms with Crippen LogP contribution < -0.4 is 10.1 Å². The van der Waals surface area contributed by atoms with Crippen molar-refractivity contribution in [2.75, 3.05) is 5.32 Å². The van der Waals surface area contributed by atoms with Gasteiger partial charge in [0.05, 0.1) is 16.6 Å². The molecule has 22 heavy (non-hydrogen) atoms. The molecule has 0 heterocycles. The van der Waals surface area contributed by atoms with Gasteiger partial charge in [-0.3, -0.25) is 14.9 Å². The van der Waals surface area contributed by atoms with Gasteiger partial charge < -0.3 is 10.1 Å². The molecular formula is C15H11N3O4. The summed E-state index contributed by atoms with van der Waals surface area (Å²) in [7, 11) is 0. The molecule has 0 bridgehead atoms. The largest absolute Gasteiger partial charge is 0.450 e. The summed E-state index contributed by atoms with van der Waals surface area (Å²) < 4.78 is 5.47. The van der Waals surface area contributed by atoms with Gasteiger partial charge in [-0.1, -0.05) is 0 Å². The summed E-state index contributed by atoms with van der Waals surface area (Å²) in [6, 6.07) is 12.2. The Kier molecular flexibility index (Phi) is 4.34. The minimum atomic E-state index is -0.609. The van der Waals surface area contributed by atoms with E-state index >= 15 is 0 Å². The lowest BCUT2D eigenvalue weighted by molar-refractivity contribution is -0.385. The number of nitro groups is 1. The van der Waals surface area contributed by atoms with Crippen molar-refractivity contribution < 1.29 is 14.5 Å². The lowest BCUT2D eigenvalue weighted by Crippen LogP contribution is -2.05. The number of hydrogen-bond donors (Lipinski definition) is 1. The highest BCUT2D eigenvalue weighted by atomic mass is 16.6. The SMILES string of the molecule is CC(=O)Nc1ccc(Oc2ccc(C#N)cc2[N+](=O)[O-])cc1. The summed E-state index contributed by atoms with van der Waals surface area (Å²) >= 11 is 0. The van der Waals surface area contributed by atoms with Crippen molar-refractivity contribution in [3.63, 3.8) is 0 Å². The molecule has 2 rings (SSSR count). The number of nitrogens with zero attached hydrogens (tertiary/aromatic N) is 2. The molecule has 0 aromatic heterocycles. The Morgan fingerprint density at radius 3 is 2.50 bits per heavy atom. The zero-order valence-electron chi connectivity index (χ0n) is 11.6. The van der Waals surface area contributed by atoms with Gasteiger partial charge in [-0.05, 0) is 36.4 Å². The van der Waals surface area contributed by atoms with Crippen LogP contribution in [-0.2, 0) is 4.79 Å². The number of nitrogens with one attached hydrogen (secondary N) is 1. The van der Waals surface area contributed by atoms with E-state index in [0.29, 0.717) is 11.4 Å². The zero-order valence-corrected chi connectivity index (χ0v) is 11.6. The molecule has 0 saturated carbocycles. The third kappa shape index (κ3) is 3.58. The molecule has 7 nitrogen and oxygen atoms in total. The number of carbonyl (C=O) groups excluding carboxylic acids is 1. The van der Waals surface area contributed by atoms with Gasteiger partial charge in [-0.25, -0.2) is 0 Å². The van der Waals surface area contributed by atoms with E-state index in [9.17, 15) is 14.9 Å². The first-order chi connectivity index (χ1) is 10.5. The van der Waals surface area contributed by atoms with Crippen LogP contribution in [0.2, 0.25) is 0 Å². The smallest absolute Gasteiger partial charge is 0.312 e. The summed E-state index contributed by atoms with van der Waals surface area (Å²) in [5.41, 5.74) is 0.485. The van der Waals surface area contributed by atoms with Crippen LogP contribution in [0.25, 0.3) is 0 Å². The monoisotopic (exact) mass is 297 g/mol. The number of anilines is 1. The Hall–Kier alpha value is -3.40. The van der Waals surface area contributed by atoms with Crippen LogP contribution in [0.3, 0.4) is 0 Å². The molecule has 0 aliphatic heterocycles. The highest BCUT2D eigenvalue weighted by Gasteiger charge is 2.16. The third-order valence-electron chi connectivity index (χ3n) is 2.69. The van der Waals surface area contributed by atoms with E-state index in [0.717, 1.165) is 6.07 Å². The van der Waals surface area contributed by atoms with E-state index in [1.807, 2.05) is 6.07 Å². The maximum Gasteiger partial charge on any atom is 0.312 e. The fourth-order valence-electron chi connectivity index (χ4n) is 1.75.